The number of anilines is 1. The van der Waals surface area contributed by atoms with Crippen LogP contribution >= 0.6 is 11.6 Å². The van der Waals surface area contributed by atoms with Gasteiger partial charge in [0, 0.05) is 13.1 Å². The van der Waals surface area contributed by atoms with E-state index < -0.39 is 0 Å². The van der Waals surface area contributed by atoms with Crippen LogP contribution in [0.25, 0.3) is 5.65 Å². The lowest BCUT2D eigenvalue weighted by Crippen LogP contribution is -2.41. The predicted molar refractivity (Wildman–Crippen MR) is 68.9 cm³/mol. The van der Waals surface area contributed by atoms with Gasteiger partial charge in [0.05, 0.1) is 17.8 Å². The Balaban J connectivity index is 1.95. The number of nitrogens with zero attached hydrogens (tertiary/aromatic N) is 6. The molecule has 7 heteroatoms. The van der Waals surface area contributed by atoms with Gasteiger partial charge in [-0.25, -0.2) is 0 Å². The summed E-state index contributed by atoms with van der Waals surface area (Å²) in [6.07, 6.45) is 8.03. The summed E-state index contributed by atoms with van der Waals surface area (Å²) in [5, 5.41) is 11.7. The summed E-state index contributed by atoms with van der Waals surface area (Å²) in [4.78, 5) is 6.32. The van der Waals surface area contributed by atoms with Crippen molar-refractivity contribution in [1.82, 2.24) is 25.0 Å². The maximum Gasteiger partial charge on any atom is 0.199 e. The molecule has 2 unspecified atom stereocenters. The normalized spacial score (nSPS) is 24.3. The van der Waals surface area contributed by atoms with Crippen molar-refractivity contribution in [1.29, 1.82) is 0 Å². The molecule has 1 fully saturated rings. The number of halogens is 1. The molecule has 0 radical (unpaired) electrons. The van der Waals surface area contributed by atoms with Crippen LogP contribution in [0.1, 0.15) is 25.7 Å². The van der Waals surface area contributed by atoms with Crippen molar-refractivity contribution < 1.29 is 0 Å². The monoisotopic (exact) mass is 266 g/mol. The summed E-state index contributed by atoms with van der Waals surface area (Å²) in [6, 6.07) is 0.317. The van der Waals surface area contributed by atoms with Gasteiger partial charge in [0.25, 0.3) is 0 Å². The third kappa shape index (κ3) is 1.90. The highest BCUT2D eigenvalue weighted by atomic mass is 35.5. The highest BCUT2D eigenvalue weighted by Crippen LogP contribution is 2.29. The predicted octanol–water partition coefficient (Wildman–Crippen LogP) is 1.51. The van der Waals surface area contributed by atoms with Crippen molar-refractivity contribution >= 4 is 23.1 Å². The molecule has 1 aliphatic rings. The van der Waals surface area contributed by atoms with E-state index in [1.54, 1.807) is 16.9 Å². The fourth-order valence-electron chi connectivity index (χ4n) is 2.58. The maximum atomic E-state index is 6.43. The molecule has 0 bridgehead atoms. The van der Waals surface area contributed by atoms with Crippen LogP contribution in [0.3, 0.4) is 0 Å². The standard InChI is InChI=1S/C11H15ClN6/c1-17(9-5-3-2-4-8(9)12)11-7-13-6-10-14-15-16-18(10)11/h6-9H,2-5H2,1H3. The van der Waals surface area contributed by atoms with E-state index in [0.717, 1.165) is 18.7 Å². The molecule has 6 nitrogen and oxygen atoms in total. The number of hydrogen-bond donors (Lipinski definition) is 0. The molecule has 0 spiro atoms. The van der Waals surface area contributed by atoms with E-state index in [4.69, 9.17) is 11.6 Å². The molecule has 0 N–H and O–H groups in total. The van der Waals surface area contributed by atoms with Crippen molar-refractivity contribution in [2.24, 2.45) is 0 Å². The van der Waals surface area contributed by atoms with Crippen LogP contribution in [0.4, 0.5) is 5.82 Å². The van der Waals surface area contributed by atoms with E-state index in [1.807, 2.05) is 7.05 Å². The van der Waals surface area contributed by atoms with E-state index in [9.17, 15) is 0 Å². The Morgan fingerprint density at radius 1 is 1.33 bits per heavy atom. The van der Waals surface area contributed by atoms with Gasteiger partial charge in [-0.15, -0.1) is 16.7 Å². The highest BCUT2D eigenvalue weighted by Gasteiger charge is 2.28. The minimum Gasteiger partial charge on any atom is -0.354 e. The van der Waals surface area contributed by atoms with Crippen molar-refractivity contribution in [2.75, 3.05) is 11.9 Å². The summed E-state index contributed by atoms with van der Waals surface area (Å²) in [7, 11) is 2.03. The Kier molecular flexibility index (Phi) is 3.03. The van der Waals surface area contributed by atoms with Gasteiger partial charge >= 0.3 is 0 Å². The molecule has 18 heavy (non-hydrogen) atoms. The summed E-state index contributed by atoms with van der Waals surface area (Å²) < 4.78 is 1.70. The first kappa shape index (κ1) is 11.6. The van der Waals surface area contributed by atoms with Gasteiger partial charge in [-0.2, -0.15) is 4.52 Å². The van der Waals surface area contributed by atoms with Crippen LogP contribution in [0.5, 0.6) is 0 Å². The van der Waals surface area contributed by atoms with Crippen LogP contribution in [-0.4, -0.2) is 43.5 Å². The van der Waals surface area contributed by atoms with Gasteiger partial charge in [0.2, 0.25) is 0 Å². The second-order valence-electron chi connectivity index (χ2n) is 4.69. The smallest absolute Gasteiger partial charge is 0.199 e. The molecular weight excluding hydrogens is 252 g/mol. The minimum atomic E-state index is 0.176. The fraction of sp³-hybridized carbons (Fsp3) is 0.636. The second-order valence-corrected chi connectivity index (χ2v) is 5.25. The highest BCUT2D eigenvalue weighted by molar-refractivity contribution is 6.21. The molecule has 1 aliphatic carbocycles. The van der Waals surface area contributed by atoms with E-state index in [2.05, 4.69) is 25.4 Å². The van der Waals surface area contributed by atoms with E-state index in [-0.39, 0.29) is 5.38 Å². The molecule has 2 atom stereocenters. The van der Waals surface area contributed by atoms with Crippen LogP contribution in [-0.2, 0) is 0 Å². The molecule has 2 aromatic rings. The van der Waals surface area contributed by atoms with Gasteiger partial charge in [-0.1, -0.05) is 12.8 Å². The number of tetrazole rings is 1. The van der Waals surface area contributed by atoms with Gasteiger partial charge in [-0.3, -0.25) is 4.98 Å². The number of hydrogen-bond acceptors (Lipinski definition) is 5. The zero-order chi connectivity index (χ0) is 12.5. The first-order chi connectivity index (χ1) is 8.77. The molecule has 2 aromatic heterocycles. The quantitative estimate of drug-likeness (QED) is 0.771. The molecule has 0 amide bonds. The fourth-order valence-corrected chi connectivity index (χ4v) is 3.03. The van der Waals surface area contributed by atoms with Gasteiger partial charge in [0.1, 0.15) is 0 Å². The Hall–Kier alpha value is -1.43. The Bertz CT molecular complexity index is 541. The topological polar surface area (TPSA) is 59.2 Å². The van der Waals surface area contributed by atoms with E-state index in [0.29, 0.717) is 11.7 Å². The summed E-state index contributed by atoms with van der Waals surface area (Å²) in [6.45, 7) is 0. The molecule has 2 heterocycles. The number of aromatic nitrogens is 5. The minimum absolute atomic E-state index is 0.176. The summed E-state index contributed by atoms with van der Waals surface area (Å²) in [5.74, 6) is 0.884. The lowest BCUT2D eigenvalue weighted by atomic mass is 9.94. The Morgan fingerprint density at radius 2 is 2.17 bits per heavy atom. The molecule has 96 valence electrons. The van der Waals surface area contributed by atoms with Crippen molar-refractivity contribution in [3.63, 3.8) is 0 Å². The van der Waals surface area contributed by atoms with E-state index in [1.165, 1.54) is 12.8 Å². The first-order valence-corrected chi connectivity index (χ1v) is 6.60. The van der Waals surface area contributed by atoms with Crippen LogP contribution in [0.2, 0.25) is 0 Å². The molecule has 1 saturated carbocycles. The van der Waals surface area contributed by atoms with Gasteiger partial charge in [0.15, 0.2) is 11.5 Å². The summed E-state index contributed by atoms with van der Waals surface area (Å²) >= 11 is 6.43. The average molecular weight is 267 g/mol. The Labute approximate surface area is 110 Å². The van der Waals surface area contributed by atoms with Crippen molar-refractivity contribution in [3.8, 4) is 0 Å². The lowest BCUT2D eigenvalue weighted by Gasteiger charge is -2.35. The average Bonchev–Trinajstić information content (AvgIpc) is 2.86. The molecular formula is C11H15ClN6. The largest absolute Gasteiger partial charge is 0.354 e. The number of rotatable bonds is 2. The van der Waals surface area contributed by atoms with E-state index >= 15 is 0 Å². The maximum absolute atomic E-state index is 6.43. The Morgan fingerprint density at radius 3 is 3.00 bits per heavy atom. The van der Waals surface area contributed by atoms with Crippen molar-refractivity contribution in [3.05, 3.63) is 12.4 Å². The SMILES string of the molecule is CN(c1cncc2nnnn12)C1CCCCC1Cl. The van der Waals surface area contributed by atoms with Crippen LogP contribution in [0, 0.1) is 0 Å². The molecule has 3 rings (SSSR count). The zero-order valence-corrected chi connectivity index (χ0v) is 11.0. The summed E-state index contributed by atoms with van der Waals surface area (Å²) in [5.41, 5.74) is 0.654. The molecule has 0 saturated heterocycles. The first-order valence-electron chi connectivity index (χ1n) is 6.16. The molecule has 0 aromatic carbocycles. The van der Waals surface area contributed by atoms with Crippen LogP contribution < -0.4 is 4.90 Å². The number of alkyl halides is 1. The number of fused-ring (bicyclic) bond motifs is 1. The molecule has 0 aliphatic heterocycles. The third-order valence-electron chi connectivity index (χ3n) is 3.60. The lowest BCUT2D eigenvalue weighted by molar-refractivity contribution is 0.431. The van der Waals surface area contributed by atoms with Gasteiger partial charge in [-0.05, 0) is 23.3 Å². The third-order valence-corrected chi connectivity index (χ3v) is 4.11. The second kappa shape index (κ2) is 4.68. The van der Waals surface area contributed by atoms with Crippen molar-refractivity contribution in [2.45, 2.75) is 37.1 Å². The zero-order valence-electron chi connectivity index (χ0n) is 10.2. The van der Waals surface area contributed by atoms with Crippen LogP contribution in [0.15, 0.2) is 12.4 Å². The van der Waals surface area contributed by atoms with Gasteiger partial charge < -0.3 is 4.90 Å².